The summed E-state index contributed by atoms with van der Waals surface area (Å²) < 4.78 is 0. The molecule has 0 amide bonds. The first-order chi connectivity index (χ1) is 17.7. The van der Waals surface area contributed by atoms with E-state index in [-0.39, 0.29) is 5.41 Å². The average molecular weight is 501 g/mol. The van der Waals surface area contributed by atoms with Crippen LogP contribution in [0.4, 0.5) is 0 Å². The van der Waals surface area contributed by atoms with Gasteiger partial charge in [-0.25, -0.2) is 0 Å². The Hall–Kier alpha value is -2.87. The second kappa shape index (κ2) is 15.4. The Morgan fingerprint density at radius 1 is 0.892 bits per heavy atom. The van der Waals surface area contributed by atoms with E-state index in [0.717, 1.165) is 31.5 Å². The Labute approximate surface area is 228 Å². The van der Waals surface area contributed by atoms with Crippen LogP contribution in [0, 0.1) is 26.2 Å². The first kappa shape index (κ1) is 32.2. The Bertz CT molecular complexity index is 1090. The fourth-order valence-corrected chi connectivity index (χ4v) is 5.06. The molecule has 0 spiro atoms. The van der Waals surface area contributed by atoms with Crippen molar-refractivity contribution in [2.24, 2.45) is 10.4 Å². The SMILES string of the molecule is C=N/C=C(/c1c(C)cccc1C)N(CC)C1=C(c2ccccc2C)C=C(CC(C)(C)C)CC1.CC.CC. The van der Waals surface area contributed by atoms with Crippen molar-refractivity contribution in [1.29, 1.82) is 0 Å². The first-order valence-electron chi connectivity index (χ1n) is 14.1. The number of aliphatic imine (C=N–C) groups is 1. The van der Waals surface area contributed by atoms with Gasteiger partial charge in [0.1, 0.15) is 0 Å². The minimum absolute atomic E-state index is 0.278. The van der Waals surface area contributed by atoms with Crippen LogP contribution in [0.1, 0.15) is 102 Å². The van der Waals surface area contributed by atoms with Gasteiger partial charge in [-0.1, -0.05) is 103 Å². The molecule has 37 heavy (non-hydrogen) atoms. The topological polar surface area (TPSA) is 15.6 Å². The van der Waals surface area contributed by atoms with Gasteiger partial charge >= 0.3 is 0 Å². The monoisotopic (exact) mass is 500 g/mol. The summed E-state index contributed by atoms with van der Waals surface area (Å²) in [6.45, 7) is 28.5. The highest BCUT2D eigenvalue weighted by molar-refractivity contribution is 5.82. The zero-order valence-electron chi connectivity index (χ0n) is 25.6. The summed E-state index contributed by atoms with van der Waals surface area (Å²) in [4.78, 5) is 6.71. The van der Waals surface area contributed by atoms with Crippen LogP contribution in [0.2, 0.25) is 0 Å². The zero-order valence-corrected chi connectivity index (χ0v) is 25.6. The third-order valence-electron chi connectivity index (χ3n) is 6.42. The van der Waals surface area contributed by atoms with E-state index < -0.39 is 0 Å². The molecule has 0 N–H and O–H groups in total. The molecule has 0 saturated carbocycles. The predicted octanol–water partition coefficient (Wildman–Crippen LogP) is 10.6. The van der Waals surface area contributed by atoms with E-state index in [4.69, 9.17) is 0 Å². The standard InChI is InChI=1S/C31H40N2.2C2H6/c1-9-33(29(21-32-8)30-23(3)14-12-15-24(30)4)28-18-17-25(20-31(5,6)7)19-27(28)26-16-11-10-13-22(26)2;2*1-2/h10-16,19,21H,8-9,17-18,20H2,1-7H3;2*1-2H3/b29-21-;;. The summed E-state index contributed by atoms with van der Waals surface area (Å²) in [5.41, 5.74) is 12.1. The second-order valence-electron chi connectivity index (χ2n) is 10.4. The lowest BCUT2D eigenvalue weighted by molar-refractivity contribution is 0.400. The lowest BCUT2D eigenvalue weighted by atomic mass is 9.81. The molecule has 2 aromatic carbocycles. The van der Waals surface area contributed by atoms with Crippen LogP contribution in [0.15, 0.2) is 71.0 Å². The van der Waals surface area contributed by atoms with Crippen LogP contribution in [-0.2, 0) is 0 Å². The van der Waals surface area contributed by atoms with E-state index in [1.54, 1.807) is 5.57 Å². The van der Waals surface area contributed by atoms with E-state index >= 15 is 0 Å². The molecule has 1 aliphatic carbocycles. The molecule has 3 rings (SSSR count). The maximum atomic E-state index is 4.25. The van der Waals surface area contributed by atoms with Crippen LogP contribution < -0.4 is 0 Å². The zero-order chi connectivity index (χ0) is 28.2. The van der Waals surface area contributed by atoms with Gasteiger partial charge in [0.05, 0.1) is 11.9 Å². The van der Waals surface area contributed by atoms with E-state index in [2.05, 4.69) is 114 Å². The highest BCUT2D eigenvalue weighted by Gasteiger charge is 2.26. The third-order valence-corrected chi connectivity index (χ3v) is 6.42. The van der Waals surface area contributed by atoms with E-state index in [9.17, 15) is 0 Å². The van der Waals surface area contributed by atoms with E-state index in [1.165, 1.54) is 39.1 Å². The molecule has 202 valence electrons. The lowest BCUT2D eigenvalue weighted by Crippen LogP contribution is -2.25. The molecule has 0 atom stereocenters. The first-order valence-corrected chi connectivity index (χ1v) is 14.1. The van der Waals surface area contributed by atoms with Crippen molar-refractivity contribution >= 4 is 18.0 Å². The van der Waals surface area contributed by atoms with Gasteiger partial charge in [0, 0.05) is 23.4 Å². The van der Waals surface area contributed by atoms with Gasteiger partial charge in [0.2, 0.25) is 0 Å². The quantitative estimate of drug-likeness (QED) is 0.345. The van der Waals surface area contributed by atoms with Gasteiger partial charge in [0.25, 0.3) is 0 Å². The molecule has 0 unspecified atom stereocenters. The molecule has 2 nitrogen and oxygen atoms in total. The van der Waals surface area contributed by atoms with Gasteiger partial charge in [-0.15, -0.1) is 0 Å². The van der Waals surface area contributed by atoms with E-state index in [1.807, 2.05) is 33.9 Å². The molecule has 0 bridgehead atoms. The van der Waals surface area contributed by atoms with Crippen LogP contribution in [0.5, 0.6) is 0 Å². The second-order valence-corrected chi connectivity index (χ2v) is 10.4. The molecule has 0 aromatic heterocycles. The Kier molecular flexibility index (Phi) is 13.4. The third kappa shape index (κ3) is 8.59. The minimum atomic E-state index is 0.278. The summed E-state index contributed by atoms with van der Waals surface area (Å²) >= 11 is 0. The normalized spacial score (nSPS) is 13.6. The van der Waals surface area contributed by atoms with Crippen LogP contribution in [-0.4, -0.2) is 18.2 Å². The summed E-state index contributed by atoms with van der Waals surface area (Å²) in [6.07, 6.45) is 7.66. The Balaban J connectivity index is 0.00000163. The van der Waals surface area contributed by atoms with Crippen molar-refractivity contribution in [1.82, 2.24) is 4.90 Å². The molecule has 0 aliphatic heterocycles. The van der Waals surface area contributed by atoms with Gasteiger partial charge in [-0.2, -0.15) is 0 Å². The van der Waals surface area contributed by atoms with Crippen molar-refractivity contribution in [3.05, 3.63) is 93.8 Å². The van der Waals surface area contributed by atoms with Gasteiger partial charge in [0.15, 0.2) is 0 Å². The van der Waals surface area contributed by atoms with Gasteiger partial charge < -0.3 is 4.90 Å². The number of hydrogen-bond donors (Lipinski definition) is 0. The smallest absolute Gasteiger partial charge is 0.0672 e. The molecule has 0 saturated heterocycles. The highest BCUT2D eigenvalue weighted by atomic mass is 15.2. The molecular formula is C35H52N2. The fraction of sp³-hybridized carbons (Fsp3) is 0.457. The molecule has 1 aliphatic rings. The number of allylic oxidation sites excluding steroid dienone is 4. The molecule has 0 fully saturated rings. The number of rotatable bonds is 7. The summed E-state index contributed by atoms with van der Waals surface area (Å²) in [5.74, 6) is 0. The summed E-state index contributed by atoms with van der Waals surface area (Å²) in [6, 6.07) is 15.3. The average Bonchev–Trinajstić information content (AvgIpc) is 2.87. The summed E-state index contributed by atoms with van der Waals surface area (Å²) in [5, 5.41) is 0. The minimum Gasteiger partial charge on any atom is -0.343 e. The van der Waals surface area contributed by atoms with Crippen LogP contribution in [0.3, 0.4) is 0 Å². The molecular weight excluding hydrogens is 448 g/mol. The number of aryl methyl sites for hydroxylation is 3. The predicted molar refractivity (Wildman–Crippen MR) is 168 cm³/mol. The maximum absolute atomic E-state index is 4.25. The number of benzene rings is 2. The van der Waals surface area contributed by atoms with Crippen molar-refractivity contribution < 1.29 is 0 Å². The number of nitrogens with zero attached hydrogens (tertiary/aromatic N) is 2. The molecule has 2 heteroatoms. The maximum Gasteiger partial charge on any atom is 0.0672 e. The number of hydrogen-bond acceptors (Lipinski definition) is 2. The van der Waals surface area contributed by atoms with Crippen molar-refractivity contribution in [3.63, 3.8) is 0 Å². The Morgan fingerprint density at radius 2 is 1.46 bits per heavy atom. The Morgan fingerprint density at radius 3 is 1.97 bits per heavy atom. The summed E-state index contributed by atoms with van der Waals surface area (Å²) in [7, 11) is 0. The molecule has 0 radical (unpaired) electrons. The lowest BCUT2D eigenvalue weighted by Gasteiger charge is -2.35. The van der Waals surface area contributed by atoms with E-state index in [0.29, 0.717) is 0 Å². The van der Waals surface area contributed by atoms with Crippen LogP contribution >= 0.6 is 0 Å². The van der Waals surface area contributed by atoms with Crippen molar-refractivity contribution in [3.8, 4) is 0 Å². The van der Waals surface area contributed by atoms with Crippen molar-refractivity contribution in [2.45, 2.75) is 95.4 Å². The molecule has 0 heterocycles. The van der Waals surface area contributed by atoms with Gasteiger partial charge in [-0.05, 0) is 81.3 Å². The highest BCUT2D eigenvalue weighted by Crippen LogP contribution is 2.41. The van der Waals surface area contributed by atoms with Gasteiger partial charge in [-0.3, -0.25) is 4.99 Å². The van der Waals surface area contributed by atoms with Crippen LogP contribution in [0.25, 0.3) is 11.3 Å². The largest absolute Gasteiger partial charge is 0.343 e. The molecule has 2 aromatic rings. The fourth-order valence-electron chi connectivity index (χ4n) is 5.06. The van der Waals surface area contributed by atoms with Crippen molar-refractivity contribution in [2.75, 3.05) is 6.54 Å².